The number of ether oxygens (including phenoxy) is 1. The molecule has 1 saturated heterocycles. The number of aliphatic hydroxyl groups excluding tert-OH is 1. The minimum atomic E-state index is -0.404. The first kappa shape index (κ1) is 17.5. The van der Waals surface area contributed by atoms with E-state index in [4.69, 9.17) is 16.3 Å². The minimum Gasteiger partial charge on any atom is -0.393 e. The van der Waals surface area contributed by atoms with Gasteiger partial charge >= 0.3 is 0 Å². The van der Waals surface area contributed by atoms with E-state index < -0.39 is 6.10 Å². The van der Waals surface area contributed by atoms with E-state index in [-0.39, 0.29) is 26.8 Å². The molecule has 1 N–H and O–H groups in total. The van der Waals surface area contributed by atoms with Crippen molar-refractivity contribution < 1.29 is 9.84 Å². The van der Waals surface area contributed by atoms with E-state index in [1.807, 2.05) is 6.92 Å². The Morgan fingerprint density at radius 2 is 1.75 bits per heavy atom. The lowest BCUT2D eigenvalue weighted by atomic mass is 9.69. The van der Waals surface area contributed by atoms with Crippen molar-refractivity contribution in [3.05, 3.63) is 0 Å². The van der Waals surface area contributed by atoms with Crippen molar-refractivity contribution in [1.29, 1.82) is 0 Å². The maximum Gasteiger partial charge on any atom is 0.0758 e. The smallest absolute Gasteiger partial charge is 0.0758 e. The quantitative estimate of drug-likeness (QED) is 0.612. The fraction of sp³-hybridized carbons (Fsp3) is 1.00. The molecule has 1 aliphatic carbocycles. The second kappa shape index (κ2) is 5.67. The first-order chi connectivity index (χ1) is 8.98. The Morgan fingerprint density at radius 1 is 1.15 bits per heavy atom. The molecule has 0 radical (unpaired) electrons. The van der Waals surface area contributed by atoms with Crippen molar-refractivity contribution in [2.24, 2.45) is 5.92 Å². The van der Waals surface area contributed by atoms with E-state index in [0.717, 1.165) is 19.3 Å². The van der Waals surface area contributed by atoms with E-state index in [0.29, 0.717) is 11.2 Å². The average Bonchev–Trinajstić information content (AvgIpc) is 2.28. The molecule has 6 atom stereocenters. The molecule has 0 aromatic heterocycles. The van der Waals surface area contributed by atoms with Gasteiger partial charge in [-0.2, -0.15) is 0 Å². The van der Waals surface area contributed by atoms with Crippen LogP contribution in [0.1, 0.15) is 53.4 Å². The van der Waals surface area contributed by atoms with E-state index in [1.54, 1.807) is 0 Å². The molecule has 118 valence electrons. The van der Waals surface area contributed by atoms with Crippen LogP contribution in [-0.2, 0) is 4.74 Å². The van der Waals surface area contributed by atoms with Crippen LogP contribution in [0, 0.1) is 5.92 Å². The van der Waals surface area contributed by atoms with Crippen LogP contribution in [0.25, 0.3) is 0 Å². The lowest BCUT2D eigenvalue weighted by Crippen LogP contribution is -2.59. The fourth-order valence-corrected chi connectivity index (χ4v) is 4.86. The largest absolute Gasteiger partial charge is 0.393 e. The van der Waals surface area contributed by atoms with E-state index >= 15 is 0 Å². The molecular formula is C15H25Br2ClO2. The summed E-state index contributed by atoms with van der Waals surface area (Å²) in [4.78, 5) is 0.186. The molecule has 2 fully saturated rings. The van der Waals surface area contributed by atoms with E-state index in [1.165, 1.54) is 0 Å². The van der Waals surface area contributed by atoms with Gasteiger partial charge in [0, 0.05) is 15.6 Å². The summed E-state index contributed by atoms with van der Waals surface area (Å²) in [5.41, 5.74) is -0.497. The Kier molecular flexibility index (Phi) is 4.96. The van der Waals surface area contributed by atoms with Gasteiger partial charge in [-0.3, -0.25) is 0 Å². The van der Waals surface area contributed by atoms with Crippen molar-refractivity contribution in [3.8, 4) is 0 Å². The lowest BCUT2D eigenvalue weighted by Gasteiger charge is -2.54. The molecule has 0 amide bonds. The van der Waals surface area contributed by atoms with E-state index in [2.05, 4.69) is 52.6 Å². The number of hydrogen-bond donors (Lipinski definition) is 1. The van der Waals surface area contributed by atoms with Crippen LogP contribution >= 0.6 is 43.5 Å². The van der Waals surface area contributed by atoms with Crippen molar-refractivity contribution >= 4 is 43.5 Å². The van der Waals surface area contributed by atoms with Crippen LogP contribution in [0.2, 0.25) is 0 Å². The third-order valence-electron chi connectivity index (χ3n) is 5.12. The number of rotatable bonds is 1. The summed E-state index contributed by atoms with van der Waals surface area (Å²) in [6.45, 7) is 8.39. The van der Waals surface area contributed by atoms with Gasteiger partial charge < -0.3 is 9.84 Å². The number of halogens is 3. The Morgan fingerprint density at radius 3 is 2.30 bits per heavy atom. The molecule has 0 bridgehead atoms. The summed E-state index contributed by atoms with van der Waals surface area (Å²) in [6, 6.07) is 0. The first-order valence-corrected chi connectivity index (χ1v) is 9.54. The highest BCUT2D eigenvalue weighted by Gasteiger charge is 2.53. The van der Waals surface area contributed by atoms with Crippen molar-refractivity contribution in [2.45, 2.75) is 85.2 Å². The molecule has 0 aromatic carbocycles. The highest BCUT2D eigenvalue weighted by molar-refractivity contribution is 9.09. The van der Waals surface area contributed by atoms with Gasteiger partial charge in [-0.25, -0.2) is 0 Å². The van der Waals surface area contributed by atoms with Crippen molar-refractivity contribution in [3.63, 3.8) is 0 Å². The van der Waals surface area contributed by atoms with Crippen LogP contribution in [-0.4, -0.2) is 36.9 Å². The molecule has 0 spiro atoms. The van der Waals surface area contributed by atoms with Crippen LogP contribution in [0.15, 0.2) is 0 Å². The highest BCUT2D eigenvalue weighted by Crippen LogP contribution is 2.50. The van der Waals surface area contributed by atoms with Gasteiger partial charge in [0.05, 0.1) is 22.2 Å². The molecule has 1 saturated carbocycles. The van der Waals surface area contributed by atoms with Gasteiger partial charge in [-0.05, 0) is 53.4 Å². The molecule has 1 aliphatic heterocycles. The zero-order valence-electron chi connectivity index (χ0n) is 12.6. The summed E-state index contributed by atoms with van der Waals surface area (Å²) in [5.74, 6) is 0.123. The maximum atomic E-state index is 10.6. The zero-order chi connectivity index (χ0) is 15.3. The summed E-state index contributed by atoms with van der Waals surface area (Å²) >= 11 is 13.9. The fourth-order valence-electron chi connectivity index (χ4n) is 3.70. The third-order valence-corrected chi connectivity index (χ3v) is 8.74. The van der Waals surface area contributed by atoms with Crippen LogP contribution in [0.3, 0.4) is 0 Å². The molecule has 0 aromatic rings. The summed E-state index contributed by atoms with van der Waals surface area (Å²) in [5, 5.41) is 10.6. The van der Waals surface area contributed by atoms with Gasteiger partial charge in [0.2, 0.25) is 0 Å². The number of hydrogen-bond acceptors (Lipinski definition) is 2. The Hall–Kier alpha value is 1.17. The number of aliphatic hydroxyl groups is 1. The van der Waals surface area contributed by atoms with Crippen molar-refractivity contribution in [2.75, 3.05) is 0 Å². The van der Waals surface area contributed by atoms with Crippen LogP contribution < -0.4 is 0 Å². The second-order valence-corrected chi connectivity index (χ2v) is 10.5. The predicted molar refractivity (Wildman–Crippen MR) is 91.2 cm³/mol. The van der Waals surface area contributed by atoms with Gasteiger partial charge in [-0.15, -0.1) is 11.6 Å². The lowest BCUT2D eigenvalue weighted by molar-refractivity contribution is -0.207. The molecule has 2 nitrogen and oxygen atoms in total. The van der Waals surface area contributed by atoms with Crippen LogP contribution in [0.4, 0.5) is 0 Å². The zero-order valence-corrected chi connectivity index (χ0v) is 16.6. The Balaban J connectivity index is 2.18. The molecule has 20 heavy (non-hydrogen) atoms. The Labute approximate surface area is 144 Å². The maximum absolute atomic E-state index is 10.6. The van der Waals surface area contributed by atoms with Gasteiger partial charge in [0.25, 0.3) is 0 Å². The molecule has 2 aliphatic rings. The average molecular weight is 433 g/mol. The summed E-state index contributed by atoms with van der Waals surface area (Å²) in [7, 11) is 0. The first-order valence-electron chi connectivity index (χ1n) is 7.33. The molecule has 5 heteroatoms. The SMILES string of the molecule is CC1(Cl)CC(O)C(C2(C)CCC(Br)C(C)(C)O2)CC1Br. The van der Waals surface area contributed by atoms with Gasteiger partial charge in [-0.1, -0.05) is 31.9 Å². The topological polar surface area (TPSA) is 29.5 Å². The standard InChI is InChI=1S/C15H25Br2ClO2/c1-13(2)11(16)5-6-15(4,20-13)9-7-12(17)14(3,18)8-10(9)19/h9-12,19H,5-8H2,1-4H3. The molecule has 6 unspecified atom stereocenters. The molecule has 1 heterocycles. The number of alkyl halides is 3. The second-order valence-electron chi connectivity index (χ2n) is 7.38. The monoisotopic (exact) mass is 430 g/mol. The third kappa shape index (κ3) is 3.24. The summed E-state index contributed by atoms with van der Waals surface area (Å²) < 4.78 is 6.43. The predicted octanol–water partition coefficient (Wildman–Crippen LogP) is 4.63. The van der Waals surface area contributed by atoms with Crippen LogP contribution in [0.5, 0.6) is 0 Å². The van der Waals surface area contributed by atoms with Gasteiger partial charge in [0.1, 0.15) is 0 Å². The molecule has 2 rings (SSSR count). The minimum absolute atomic E-state index is 0.123. The Bertz CT molecular complexity index is 375. The van der Waals surface area contributed by atoms with E-state index in [9.17, 15) is 5.11 Å². The summed E-state index contributed by atoms with van der Waals surface area (Å²) in [6.07, 6.45) is 3.08. The highest BCUT2D eigenvalue weighted by atomic mass is 79.9. The molecular weight excluding hydrogens is 407 g/mol. The normalized spacial score (nSPS) is 52.8. The van der Waals surface area contributed by atoms with Gasteiger partial charge in [0.15, 0.2) is 0 Å². The van der Waals surface area contributed by atoms with Crippen molar-refractivity contribution in [1.82, 2.24) is 0 Å².